The molecule has 20 heavy (non-hydrogen) atoms. The van der Waals surface area contributed by atoms with Crippen LogP contribution in [0.2, 0.25) is 5.02 Å². The van der Waals surface area contributed by atoms with E-state index >= 15 is 0 Å². The maximum Gasteiger partial charge on any atom is 0.418 e. The average Bonchev–Trinajstić information content (AvgIpc) is 2.37. The van der Waals surface area contributed by atoms with Crippen molar-refractivity contribution < 1.29 is 13.2 Å². The fourth-order valence-electron chi connectivity index (χ4n) is 1.93. The molecule has 0 aliphatic rings. The Morgan fingerprint density at radius 3 is 2.40 bits per heavy atom. The number of halogens is 4. The van der Waals surface area contributed by atoms with Gasteiger partial charge in [0.1, 0.15) is 0 Å². The van der Waals surface area contributed by atoms with Gasteiger partial charge >= 0.3 is 6.18 Å². The van der Waals surface area contributed by atoms with Crippen molar-refractivity contribution in [1.29, 1.82) is 0 Å². The second-order valence-electron chi connectivity index (χ2n) is 4.44. The number of aryl methyl sites for hydroxylation is 1. The van der Waals surface area contributed by atoms with E-state index < -0.39 is 11.7 Å². The SMILES string of the molecule is Cc1ccccc1CNc1c(Cl)cccc1C(F)(F)F. The Morgan fingerprint density at radius 1 is 1.05 bits per heavy atom. The lowest BCUT2D eigenvalue weighted by atomic mass is 10.1. The molecule has 5 heteroatoms. The summed E-state index contributed by atoms with van der Waals surface area (Å²) in [5, 5.41) is 2.86. The van der Waals surface area contributed by atoms with Crippen LogP contribution in [-0.4, -0.2) is 0 Å². The van der Waals surface area contributed by atoms with E-state index in [0.717, 1.165) is 17.2 Å². The number of anilines is 1. The highest BCUT2D eigenvalue weighted by molar-refractivity contribution is 6.33. The number of alkyl halides is 3. The molecule has 2 aromatic rings. The van der Waals surface area contributed by atoms with Gasteiger partial charge in [-0.3, -0.25) is 0 Å². The lowest BCUT2D eigenvalue weighted by Crippen LogP contribution is -2.11. The minimum atomic E-state index is -4.43. The van der Waals surface area contributed by atoms with Crippen LogP contribution in [0.3, 0.4) is 0 Å². The predicted octanol–water partition coefficient (Wildman–Crippen LogP) is 5.28. The van der Waals surface area contributed by atoms with Crippen molar-refractivity contribution in [3.05, 3.63) is 64.2 Å². The monoisotopic (exact) mass is 299 g/mol. The topological polar surface area (TPSA) is 12.0 Å². The van der Waals surface area contributed by atoms with Gasteiger partial charge in [-0.05, 0) is 30.2 Å². The van der Waals surface area contributed by atoms with Crippen molar-refractivity contribution in [1.82, 2.24) is 0 Å². The Kier molecular flexibility index (Phi) is 4.23. The zero-order chi connectivity index (χ0) is 14.8. The zero-order valence-electron chi connectivity index (χ0n) is 10.8. The summed E-state index contributed by atoms with van der Waals surface area (Å²) in [6.45, 7) is 2.20. The Morgan fingerprint density at radius 2 is 1.75 bits per heavy atom. The molecule has 0 atom stereocenters. The molecule has 1 nitrogen and oxygen atoms in total. The summed E-state index contributed by atoms with van der Waals surface area (Å²) in [6, 6.07) is 11.3. The fraction of sp³-hybridized carbons (Fsp3) is 0.200. The van der Waals surface area contributed by atoms with Crippen LogP contribution in [0, 0.1) is 6.92 Å². The minimum Gasteiger partial charge on any atom is -0.379 e. The Bertz CT molecular complexity index is 608. The second-order valence-corrected chi connectivity index (χ2v) is 4.85. The van der Waals surface area contributed by atoms with Crippen molar-refractivity contribution in [2.24, 2.45) is 0 Å². The summed E-state index contributed by atoms with van der Waals surface area (Å²) in [5.41, 5.74) is 1.12. The van der Waals surface area contributed by atoms with Gasteiger partial charge in [0.15, 0.2) is 0 Å². The molecule has 0 aliphatic carbocycles. The molecule has 0 spiro atoms. The van der Waals surface area contributed by atoms with Crippen LogP contribution >= 0.6 is 11.6 Å². The summed E-state index contributed by atoms with van der Waals surface area (Å²) in [7, 11) is 0. The predicted molar refractivity (Wildman–Crippen MR) is 75.0 cm³/mol. The van der Waals surface area contributed by atoms with Crippen LogP contribution in [0.1, 0.15) is 16.7 Å². The van der Waals surface area contributed by atoms with Crippen LogP contribution in [-0.2, 0) is 12.7 Å². The maximum atomic E-state index is 12.9. The molecule has 0 bridgehead atoms. The molecule has 0 heterocycles. The summed E-state index contributed by atoms with van der Waals surface area (Å²) in [6.07, 6.45) is -4.43. The molecule has 0 fully saturated rings. The van der Waals surface area contributed by atoms with Gasteiger partial charge in [0.25, 0.3) is 0 Å². The second kappa shape index (κ2) is 5.75. The quantitative estimate of drug-likeness (QED) is 0.813. The van der Waals surface area contributed by atoms with E-state index in [2.05, 4.69) is 5.32 Å². The standard InChI is InChI=1S/C15H13ClF3N/c1-10-5-2-3-6-11(10)9-20-14-12(15(17,18)19)7-4-8-13(14)16/h2-8,20H,9H2,1H3. The first-order chi connectivity index (χ1) is 9.39. The summed E-state index contributed by atoms with van der Waals surface area (Å²) in [4.78, 5) is 0. The molecule has 0 amide bonds. The van der Waals surface area contributed by atoms with Gasteiger partial charge in [-0.25, -0.2) is 0 Å². The van der Waals surface area contributed by atoms with Crippen molar-refractivity contribution in [3.8, 4) is 0 Å². The van der Waals surface area contributed by atoms with Gasteiger partial charge in [-0.2, -0.15) is 13.2 Å². The van der Waals surface area contributed by atoms with Crippen LogP contribution < -0.4 is 5.32 Å². The Labute approximate surface area is 120 Å². The highest BCUT2D eigenvalue weighted by Gasteiger charge is 2.34. The van der Waals surface area contributed by atoms with Crippen LogP contribution in [0.25, 0.3) is 0 Å². The minimum absolute atomic E-state index is 0.0633. The van der Waals surface area contributed by atoms with E-state index in [0.29, 0.717) is 6.54 Å². The first kappa shape index (κ1) is 14.7. The molecule has 0 aromatic heterocycles. The van der Waals surface area contributed by atoms with E-state index in [1.54, 1.807) is 0 Å². The van der Waals surface area contributed by atoms with Crippen molar-refractivity contribution in [2.45, 2.75) is 19.6 Å². The fourth-order valence-corrected chi connectivity index (χ4v) is 2.17. The molecule has 0 radical (unpaired) electrons. The largest absolute Gasteiger partial charge is 0.418 e. The number of rotatable bonds is 3. The van der Waals surface area contributed by atoms with Crippen LogP contribution in [0.15, 0.2) is 42.5 Å². The number of para-hydroxylation sites is 1. The lowest BCUT2D eigenvalue weighted by Gasteiger charge is -2.16. The molecule has 2 aromatic carbocycles. The number of hydrogen-bond acceptors (Lipinski definition) is 1. The van der Waals surface area contributed by atoms with E-state index in [9.17, 15) is 13.2 Å². The summed E-state index contributed by atoms with van der Waals surface area (Å²) >= 11 is 5.88. The lowest BCUT2D eigenvalue weighted by molar-refractivity contribution is -0.136. The highest BCUT2D eigenvalue weighted by Crippen LogP contribution is 2.38. The first-order valence-corrected chi connectivity index (χ1v) is 6.41. The van der Waals surface area contributed by atoms with Gasteiger partial charge in [-0.1, -0.05) is 41.9 Å². The van der Waals surface area contributed by atoms with Gasteiger partial charge in [0.2, 0.25) is 0 Å². The average molecular weight is 300 g/mol. The van der Waals surface area contributed by atoms with Gasteiger partial charge < -0.3 is 5.32 Å². The molecular weight excluding hydrogens is 287 g/mol. The van der Waals surface area contributed by atoms with E-state index in [4.69, 9.17) is 11.6 Å². The normalized spacial score (nSPS) is 11.4. The first-order valence-electron chi connectivity index (χ1n) is 6.03. The smallest absolute Gasteiger partial charge is 0.379 e. The van der Waals surface area contributed by atoms with Gasteiger partial charge in [-0.15, -0.1) is 0 Å². The van der Waals surface area contributed by atoms with Crippen molar-refractivity contribution in [2.75, 3.05) is 5.32 Å². The third-order valence-corrected chi connectivity index (χ3v) is 3.35. The number of nitrogens with one attached hydrogen (secondary N) is 1. The van der Waals surface area contributed by atoms with Crippen molar-refractivity contribution in [3.63, 3.8) is 0 Å². The highest BCUT2D eigenvalue weighted by atomic mass is 35.5. The number of benzene rings is 2. The third kappa shape index (κ3) is 3.25. The molecule has 2 rings (SSSR count). The molecule has 1 N–H and O–H groups in total. The Balaban J connectivity index is 2.28. The molecular formula is C15H13ClF3N. The van der Waals surface area contributed by atoms with Crippen LogP contribution in [0.5, 0.6) is 0 Å². The summed E-state index contributed by atoms with van der Waals surface area (Å²) < 4.78 is 38.8. The van der Waals surface area contributed by atoms with Crippen LogP contribution in [0.4, 0.5) is 18.9 Å². The number of hydrogen-bond donors (Lipinski definition) is 1. The summed E-state index contributed by atoms with van der Waals surface area (Å²) in [5.74, 6) is 0. The van der Waals surface area contributed by atoms with E-state index in [1.807, 2.05) is 31.2 Å². The molecule has 0 aliphatic heterocycles. The third-order valence-electron chi connectivity index (χ3n) is 3.04. The Hall–Kier alpha value is -1.68. The van der Waals surface area contributed by atoms with Gasteiger partial charge in [0, 0.05) is 6.54 Å². The molecule has 0 saturated carbocycles. The van der Waals surface area contributed by atoms with Crippen molar-refractivity contribution >= 4 is 17.3 Å². The molecule has 0 saturated heterocycles. The van der Waals surface area contributed by atoms with E-state index in [-0.39, 0.29) is 10.7 Å². The molecule has 0 unspecified atom stereocenters. The van der Waals surface area contributed by atoms with Gasteiger partial charge in [0.05, 0.1) is 16.3 Å². The molecule has 106 valence electrons. The maximum absolute atomic E-state index is 12.9. The van der Waals surface area contributed by atoms with E-state index in [1.165, 1.54) is 12.1 Å². The zero-order valence-corrected chi connectivity index (χ0v) is 11.5.